The van der Waals surface area contributed by atoms with Gasteiger partial charge in [0.1, 0.15) is 0 Å². The van der Waals surface area contributed by atoms with Crippen molar-refractivity contribution in [3.05, 3.63) is 34.6 Å². The van der Waals surface area contributed by atoms with Crippen LogP contribution >= 0.6 is 15.9 Å². The second-order valence-corrected chi connectivity index (χ2v) is 6.31. The molecule has 2 aromatic rings. The van der Waals surface area contributed by atoms with Gasteiger partial charge in [0.05, 0.1) is 18.0 Å². The number of hydrogen-bond donors (Lipinski definition) is 1. The molecule has 0 saturated carbocycles. The maximum Gasteiger partial charge on any atom is 0.248 e. The second-order valence-electron chi connectivity index (χ2n) is 5.46. The molecule has 1 aliphatic heterocycles. The number of carbonyl (C=O) groups excluding carboxylic acids is 1. The van der Waals surface area contributed by atoms with Crippen molar-refractivity contribution in [2.24, 2.45) is 11.7 Å². The Morgan fingerprint density at radius 2 is 2.23 bits per heavy atom. The van der Waals surface area contributed by atoms with Crippen molar-refractivity contribution in [3.63, 3.8) is 0 Å². The van der Waals surface area contributed by atoms with Crippen molar-refractivity contribution in [1.82, 2.24) is 15.1 Å². The van der Waals surface area contributed by atoms with Crippen molar-refractivity contribution in [3.8, 4) is 11.5 Å². The van der Waals surface area contributed by atoms with Gasteiger partial charge in [0, 0.05) is 11.0 Å². The molecular formula is C15H17BrN4O2. The zero-order valence-electron chi connectivity index (χ0n) is 12.0. The van der Waals surface area contributed by atoms with Crippen molar-refractivity contribution < 1.29 is 9.21 Å². The number of amides is 1. The average Bonchev–Trinajstić information content (AvgIpc) is 2.96. The number of hydrogen-bond acceptors (Lipinski definition) is 5. The monoisotopic (exact) mass is 364 g/mol. The summed E-state index contributed by atoms with van der Waals surface area (Å²) in [4.78, 5) is 13.5. The van der Waals surface area contributed by atoms with Crippen molar-refractivity contribution in [1.29, 1.82) is 0 Å². The van der Waals surface area contributed by atoms with Gasteiger partial charge in [-0.25, -0.2) is 0 Å². The van der Waals surface area contributed by atoms with Crippen LogP contribution in [0.1, 0.15) is 18.7 Å². The highest BCUT2D eigenvalue weighted by Gasteiger charge is 2.25. The Bertz CT molecular complexity index is 673. The number of primary amides is 1. The van der Waals surface area contributed by atoms with Crippen LogP contribution in [0.3, 0.4) is 0 Å². The lowest BCUT2D eigenvalue weighted by molar-refractivity contribution is -0.123. The molecule has 1 atom stereocenters. The van der Waals surface area contributed by atoms with Crippen LogP contribution in [0.15, 0.2) is 33.2 Å². The van der Waals surface area contributed by atoms with Crippen molar-refractivity contribution in [2.75, 3.05) is 13.1 Å². The van der Waals surface area contributed by atoms with Gasteiger partial charge in [-0.1, -0.05) is 12.1 Å². The van der Waals surface area contributed by atoms with E-state index in [1.165, 1.54) is 0 Å². The molecule has 1 aromatic carbocycles. The van der Waals surface area contributed by atoms with Gasteiger partial charge in [-0.05, 0) is 47.4 Å². The Balaban J connectivity index is 1.70. The molecule has 22 heavy (non-hydrogen) atoms. The fourth-order valence-corrected chi connectivity index (χ4v) is 3.14. The maximum atomic E-state index is 11.3. The third kappa shape index (κ3) is 3.36. The van der Waals surface area contributed by atoms with Crippen LogP contribution in [0.2, 0.25) is 0 Å². The molecule has 0 aliphatic carbocycles. The van der Waals surface area contributed by atoms with E-state index in [0.717, 1.165) is 29.4 Å². The zero-order chi connectivity index (χ0) is 15.5. The number of piperidine rings is 1. The van der Waals surface area contributed by atoms with Gasteiger partial charge >= 0.3 is 0 Å². The number of rotatable bonds is 4. The van der Waals surface area contributed by atoms with E-state index >= 15 is 0 Å². The van der Waals surface area contributed by atoms with Crippen LogP contribution in [0, 0.1) is 5.92 Å². The van der Waals surface area contributed by atoms with E-state index in [4.69, 9.17) is 10.2 Å². The standard InChI is InChI=1S/C15H17BrN4O2/c16-12-6-2-1-5-11(12)15-19-18-13(22-15)9-20-7-3-4-10(8-20)14(17)21/h1-2,5-6,10H,3-4,7-9H2,(H2,17,21)/t10-/m1/s1. The first kappa shape index (κ1) is 15.2. The smallest absolute Gasteiger partial charge is 0.248 e. The molecule has 0 radical (unpaired) electrons. The molecule has 2 N–H and O–H groups in total. The number of likely N-dealkylation sites (tertiary alicyclic amines) is 1. The summed E-state index contributed by atoms with van der Waals surface area (Å²) in [6.07, 6.45) is 1.82. The third-order valence-electron chi connectivity index (χ3n) is 3.84. The fourth-order valence-electron chi connectivity index (χ4n) is 2.68. The molecule has 2 heterocycles. The topological polar surface area (TPSA) is 85.3 Å². The molecular weight excluding hydrogens is 348 g/mol. The van der Waals surface area contributed by atoms with Crippen molar-refractivity contribution >= 4 is 21.8 Å². The molecule has 1 saturated heterocycles. The van der Waals surface area contributed by atoms with Crippen LogP contribution in [0.5, 0.6) is 0 Å². The van der Waals surface area contributed by atoms with Gasteiger partial charge in [0.25, 0.3) is 0 Å². The Morgan fingerprint density at radius 1 is 1.41 bits per heavy atom. The average molecular weight is 365 g/mol. The first-order valence-corrected chi connectivity index (χ1v) is 8.02. The van der Waals surface area contributed by atoms with Crippen LogP contribution in [0.25, 0.3) is 11.5 Å². The van der Waals surface area contributed by atoms with E-state index in [1.54, 1.807) is 0 Å². The number of aromatic nitrogens is 2. The summed E-state index contributed by atoms with van der Waals surface area (Å²) in [6, 6.07) is 7.71. The van der Waals surface area contributed by atoms with Crippen molar-refractivity contribution in [2.45, 2.75) is 19.4 Å². The number of nitrogens with zero attached hydrogens (tertiary/aromatic N) is 3. The SMILES string of the molecule is NC(=O)[C@@H]1CCCN(Cc2nnc(-c3ccccc3Br)o2)C1. The Kier molecular flexibility index (Phi) is 4.54. The van der Waals surface area contributed by atoms with E-state index in [9.17, 15) is 4.79 Å². The lowest BCUT2D eigenvalue weighted by Gasteiger charge is -2.29. The molecule has 7 heteroatoms. The number of halogens is 1. The van der Waals surface area contributed by atoms with Crippen LogP contribution < -0.4 is 5.73 Å². The highest BCUT2D eigenvalue weighted by molar-refractivity contribution is 9.10. The summed E-state index contributed by atoms with van der Waals surface area (Å²) >= 11 is 3.47. The summed E-state index contributed by atoms with van der Waals surface area (Å²) < 4.78 is 6.65. The summed E-state index contributed by atoms with van der Waals surface area (Å²) in [5.41, 5.74) is 6.27. The van der Waals surface area contributed by atoms with Gasteiger partial charge in [-0.3, -0.25) is 9.69 Å². The molecule has 1 aliphatic rings. The lowest BCUT2D eigenvalue weighted by Crippen LogP contribution is -2.40. The summed E-state index contributed by atoms with van der Waals surface area (Å²) in [6.45, 7) is 2.11. The minimum absolute atomic E-state index is 0.0839. The van der Waals surface area contributed by atoms with E-state index in [1.807, 2.05) is 24.3 Å². The maximum absolute atomic E-state index is 11.3. The van der Waals surface area contributed by atoms with Crippen LogP contribution in [-0.4, -0.2) is 34.1 Å². The zero-order valence-corrected chi connectivity index (χ0v) is 13.6. The van der Waals surface area contributed by atoms with Crippen LogP contribution in [0.4, 0.5) is 0 Å². The Labute approximate surface area is 136 Å². The number of benzene rings is 1. The van der Waals surface area contributed by atoms with E-state index in [0.29, 0.717) is 24.9 Å². The van der Waals surface area contributed by atoms with E-state index in [2.05, 4.69) is 31.0 Å². The molecule has 1 fully saturated rings. The molecule has 116 valence electrons. The molecule has 6 nitrogen and oxygen atoms in total. The highest BCUT2D eigenvalue weighted by atomic mass is 79.9. The molecule has 1 aromatic heterocycles. The molecule has 0 unspecified atom stereocenters. The summed E-state index contributed by atoms with van der Waals surface area (Å²) in [5.74, 6) is 0.727. The fraction of sp³-hybridized carbons (Fsp3) is 0.400. The summed E-state index contributed by atoms with van der Waals surface area (Å²) in [5, 5.41) is 8.20. The minimum atomic E-state index is -0.232. The van der Waals surface area contributed by atoms with Gasteiger partial charge < -0.3 is 10.2 Å². The first-order valence-electron chi connectivity index (χ1n) is 7.22. The van der Waals surface area contributed by atoms with E-state index < -0.39 is 0 Å². The summed E-state index contributed by atoms with van der Waals surface area (Å²) in [7, 11) is 0. The predicted octanol–water partition coefficient (Wildman–Crippen LogP) is 2.20. The normalized spacial score (nSPS) is 19.2. The first-order chi connectivity index (χ1) is 10.6. The highest BCUT2D eigenvalue weighted by Crippen LogP contribution is 2.27. The Morgan fingerprint density at radius 3 is 3.00 bits per heavy atom. The van der Waals surface area contributed by atoms with Gasteiger partial charge in [-0.2, -0.15) is 0 Å². The minimum Gasteiger partial charge on any atom is -0.419 e. The van der Waals surface area contributed by atoms with E-state index in [-0.39, 0.29) is 11.8 Å². The number of nitrogens with two attached hydrogens (primary N) is 1. The Hall–Kier alpha value is -1.73. The van der Waals surface area contributed by atoms with Crippen LogP contribution in [-0.2, 0) is 11.3 Å². The predicted molar refractivity (Wildman–Crippen MR) is 84.6 cm³/mol. The molecule has 3 rings (SSSR count). The molecule has 0 bridgehead atoms. The van der Waals surface area contributed by atoms with Gasteiger partial charge in [0.2, 0.25) is 17.7 Å². The van der Waals surface area contributed by atoms with Gasteiger partial charge in [-0.15, -0.1) is 10.2 Å². The molecule has 0 spiro atoms. The lowest BCUT2D eigenvalue weighted by atomic mass is 9.97. The number of carbonyl (C=O) groups is 1. The van der Waals surface area contributed by atoms with Gasteiger partial charge in [0.15, 0.2) is 0 Å². The third-order valence-corrected chi connectivity index (χ3v) is 4.53. The largest absolute Gasteiger partial charge is 0.419 e. The quantitative estimate of drug-likeness (QED) is 0.898. The second kappa shape index (κ2) is 6.58. The molecule has 1 amide bonds.